The molecule has 0 saturated carbocycles. The molecule has 0 amide bonds. The lowest BCUT2D eigenvalue weighted by Gasteiger charge is -2.36. The van der Waals surface area contributed by atoms with Crippen LogP contribution in [0, 0.1) is 0 Å². The normalized spacial score (nSPS) is 18.7. The first-order chi connectivity index (χ1) is 19.5. The predicted octanol–water partition coefficient (Wildman–Crippen LogP) is 3.00. The fourth-order valence-corrected chi connectivity index (χ4v) is 5.80. The van der Waals surface area contributed by atoms with Crippen molar-refractivity contribution in [2.24, 2.45) is 0 Å². The van der Waals surface area contributed by atoms with E-state index in [0.29, 0.717) is 12.2 Å². The zero-order valence-electron chi connectivity index (χ0n) is 23.0. The number of aromatic nitrogens is 4. The Balaban J connectivity index is 1.11. The summed E-state index contributed by atoms with van der Waals surface area (Å²) in [6.45, 7) is 7.02. The van der Waals surface area contributed by atoms with Gasteiger partial charge in [-0.3, -0.25) is 9.88 Å². The summed E-state index contributed by atoms with van der Waals surface area (Å²) in [5.74, 6) is 1.74. The van der Waals surface area contributed by atoms with Crippen molar-refractivity contribution >= 4 is 22.4 Å². The van der Waals surface area contributed by atoms with Crippen molar-refractivity contribution in [1.82, 2.24) is 25.1 Å². The van der Waals surface area contributed by atoms with Crippen LogP contribution in [0.15, 0.2) is 67.0 Å². The summed E-state index contributed by atoms with van der Waals surface area (Å²) in [7, 11) is 0. The lowest BCUT2D eigenvalue weighted by Crippen LogP contribution is -2.47. The zero-order chi connectivity index (χ0) is 27.5. The molecule has 2 fully saturated rings. The Morgan fingerprint density at radius 3 is 2.17 bits per heavy atom. The molecule has 2 saturated heterocycles. The first-order valence-corrected chi connectivity index (χ1v) is 14.2. The van der Waals surface area contributed by atoms with Crippen LogP contribution in [-0.2, 0) is 12.0 Å². The van der Waals surface area contributed by atoms with Crippen molar-refractivity contribution in [1.29, 1.82) is 0 Å². The molecule has 9 nitrogen and oxygen atoms in total. The van der Waals surface area contributed by atoms with Gasteiger partial charge in [0.05, 0.1) is 29.9 Å². The minimum atomic E-state index is -1.10. The van der Waals surface area contributed by atoms with E-state index in [-0.39, 0.29) is 6.10 Å². The zero-order valence-corrected chi connectivity index (χ0v) is 23.0. The molecule has 9 heteroatoms. The molecule has 0 aliphatic carbocycles. The molecule has 40 heavy (non-hydrogen) atoms. The van der Waals surface area contributed by atoms with E-state index in [1.807, 2.05) is 6.07 Å². The molecule has 2 N–H and O–H groups in total. The molecule has 4 aromatic rings. The summed E-state index contributed by atoms with van der Waals surface area (Å²) >= 11 is 0. The van der Waals surface area contributed by atoms with E-state index in [0.717, 1.165) is 86.6 Å². The van der Waals surface area contributed by atoms with Gasteiger partial charge in [0.15, 0.2) is 5.82 Å². The van der Waals surface area contributed by atoms with Gasteiger partial charge in [0, 0.05) is 63.0 Å². The average molecular weight is 540 g/mol. The quantitative estimate of drug-likeness (QED) is 0.367. The van der Waals surface area contributed by atoms with Crippen molar-refractivity contribution in [2.75, 3.05) is 55.6 Å². The Kier molecular flexibility index (Phi) is 7.60. The number of benzene rings is 2. The van der Waals surface area contributed by atoms with E-state index in [2.05, 4.69) is 78.3 Å². The number of aliphatic hydroxyl groups is 2. The van der Waals surface area contributed by atoms with Crippen LogP contribution in [0.2, 0.25) is 0 Å². The molecule has 208 valence electrons. The second-order valence-corrected chi connectivity index (χ2v) is 11.2. The number of hydrogen-bond acceptors (Lipinski definition) is 9. The highest BCUT2D eigenvalue weighted by atomic mass is 16.3. The molecule has 2 aromatic carbocycles. The maximum absolute atomic E-state index is 11.1. The molecule has 0 bridgehead atoms. The van der Waals surface area contributed by atoms with Crippen LogP contribution in [0.4, 0.5) is 11.6 Å². The highest BCUT2D eigenvalue weighted by molar-refractivity contribution is 5.93. The summed E-state index contributed by atoms with van der Waals surface area (Å²) in [6.07, 6.45) is 5.48. The number of piperazine rings is 1. The topological polar surface area (TPSA) is 102 Å². The van der Waals surface area contributed by atoms with E-state index < -0.39 is 5.60 Å². The highest BCUT2D eigenvalue weighted by Gasteiger charge is 2.30. The van der Waals surface area contributed by atoms with Gasteiger partial charge in [-0.05, 0) is 25.3 Å². The summed E-state index contributed by atoms with van der Waals surface area (Å²) in [4.78, 5) is 16.0. The summed E-state index contributed by atoms with van der Waals surface area (Å²) < 4.78 is 0. The van der Waals surface area contributed by atoms with Crippen LogP contribution in [0.3, 0.4) is 0 Å². The van der Waals surface area contributed by atoms with Crippen LogP contribution < -0.4 is 9.80 Å². The summed E-state index contributed by atoms with van der Waals surface area (Å²) in [5.41, 5.74) is 1.69. The van der Waals surface area contributed by atoms with Gasteiger partial charge >= 0.3 is 0 Å². The second-order valence-electron chi connectivity index (χ2n) is 11.2. The summed E-state index contributed by atoms with van der Waals surface area (Å²) in [5, 5.41) is 32.5. The van der Waals surface area contributed by atoms with Gasteiger partial charge in [0.2, 0.25) is 0 Å². The van der Waals surface area contributed by atoms with Crippen LogP contribution in [-0.4, -0.2) is 87.2 Å². The van der Waals surface area contributed by atoms with Gasteiger partial charge in [-0.25, -0.2) is 4.98 Å². The Morgan fingerprint density at radius 1 is 0.800 bits per heavy atom. The number of fused-ring (bicyclic) bond motifs is 1. The third-order valence-corrected chi connectivity index (χ3v) is 8.14. The lowest BCUT2D eigenvalue weighted by molar-refractivity contribution is -0.00854. The van der Waals surface area contributed by atoms with Crippen LogP contribution in [0.1, 0.15) is 36.7 Å². The van der Waals surface area contributed by atoms with Crippen LogP contribution in [0.5, 0.6) is 0 Å². The minimum absolute atomic E-state index is 0.231. The van der Waals surface area contributed by atoms with Gasteiger partial charge in [0.25, 0.3) is 0 Å². The predicted molar refractivity (Wildman–Crippen MR) is 156 cm³/mol. The Morgan fingerprint density at radius 2 is 1.48 bits per heavy atom. The second kappa shape index (κ2) is 11.4. The molecule has 0 spiro atoms. The number of rotatable bonds is 7. The Bertz CT molecular complexity index is 1420. The number of aliphatic hydroxyl groups excluding tert-OH is 1. The van der Waals surface area contributed by atoms with E-state index in [1.54, 1.807) is 19.3 Å². The average Bonchev–Trinajstić information content (AvgIpc) is 2.99. The third-order valence-electron chi connectivity index (χ3n) is 8.14. The van der Waals surface area contributed by atoms with E-state index in [1.165, 1.54) is 5.56 Å². The van der Waals surface area contributed by atoms with Crippen LogP contribution in [0.25, 0.3) is 10.8 Å². The smallest absolute Gasteiger partial charge is 0.159 e. The molecule has 6 rings (SSSR count). The number of nitrogens with zero attached hydrogens (tertiary/aromatic N) is 7. The SMILES string of the molecule is CC(O)(CN1CCC(O)CC1)c1cnc(N2CCN(c3nnc(Cc4ccccc4)c4ccccc34)CC2)cn1. The van der Waals surface area contributed by atoms with Crippen molar-refractivity contribution in [3.05, 3.63) is 83.9 Å². The Labute approximate surface area is 235 Å². The lowest BCUT2D eigenvalue weighted by atomic mass is 9.99. The molecule has 4 heterocycles. The van der Waals surface area contributed by atoms with Gasteiger partial charge in [-0.15, -0.1) is 5.10 Å². The van der Waals surface area contributed by atoms with Crippen molar-refractivity contribution in [2.45, 2.75) is 37.9 Å². The summed E-state index contributed by atoms with van der Waals surface area (Å²) in [6, 6.07) is 18.8. The standard InChI is InChI=1S/C31H37N7O2/c1-31(40,22-36-13-11-24(39)12-14-36)28-20-33-29(21-32-28)37-15-17-38(18-16-37)30-26-10-6-5-9-25(26)27(34-35-30)19-23-7-3-2-4-8-23/h2-10,20-21,24,39-40H,11-19,22H2,1H3. The molecule has 1 atom stereocenters. The van der Waals surface area contributed by atoms with E-state index in [4.69, 9.17) is 5.10 Å². The van der Waals surface area contributed by atoms with Gasteiger partial charge in [0.1, 0.15) is 11.4 Å². The van der Waals surface area contributed by atoms with E-state index in [9.17, 15) is 10.2 Å². The maximum Gasteiger partial charge on any atom is 0.159 e. The monoisotopic (exact) mass is 539 g/mol. The number of hydrogen-bond donors (Lipinski definition) is 2. The molecule has 2 aliphatic rings. The van der Waals surface area contributed by atoms with Crippen molar-refractivity contribution in [3.63, 3.8) is 0 Å². The highest BCUT2D eigenvalue weighted by Crippen LogP contribution is 2.29. The van der Waals surface area contributed by atoms with Crippen molar-refractivity contribution < 1.29 is 10.2 Å². The largest absolute Gasteiger partial charge is 0.393 e. The third kappa shape index (κ3) is 5.77. The maximum atomic E-state index is 11.1. The van der Waals surface area contributed by atoms with Gasteiger partial charge < -0.3 is 20.0 Å². The number of likely N-dealkylation sites (tertiary alicyclic amines) is 1. The first-order valence-electron chi connectivity index (χ1n) is 14.2. The molecular weight excluding hydrogens is 502 g/mol. The number of anilines is 2. The molecule has 2 aromatic heterocycles. The van der Waals surface area contributed by atoms with Crippen LogP contribution >= 0.6 is 0 Å². The first kappa shape index (κ1) is 26.6. The Hall–Kier alpha value is -3.66. The molecular formula is C31H37N7O2. The van der Waals surface area contributed by atoms with Gasteiger partial charge in [-0.2, -0.15) is 5.10 Å². The molecule has 0 radical (unpaired) electrons. The van der Waals surface area contributed by atoms with E-state index >= 15 is 0 Å². The van der Waals surface area contributed by atoms with Gasteiger partial charge in [-0.1, -0.05) is 54.6 Å². The molecule has 2 aliphatic heterocycles. The minimum Gasteiger partial charge on any atom is -0.393 e. The fraction of sp³-hybridized carbons (Fsp3) is 0.419. The number of piperidine rings is 1. The molecule has 1 unspecified atom stereocenters. The van der Waals surface area contributed by atoms with Crippen molar-refractivity contribution in [3.8, 4) is 0 Å². The number of β-amino-alcohol motifs (C(OH)–C–C–N with tert-alkyl or cyclic N) is 1. The fourth-order valence-electron chi connectivity index (χ4n) is 5.80.